The van der Waals surface area contributed by atoms with E-state index in [1.54, 1.807) is 16.6 Å². The number of aryl methyl sites for hydroxylation is 1. The summed E-state index contributed by atoms with van der Waals surface area (Å²) >= 11 is 0. The highest BCUT2D eigenvalue weighted by atomic mass is 16.5. The van der Waals surface area contributed by atoms with Gasteiger partial charge in [0, 0.05) is 18.9 Å². The van der Waals surface area contributed by atoms with Crippen molar-refractivity contribution in [2.75, 3.05) is 6.61 Å². The van der Waals surface area contributed by atoms with Crippen molar-refractivity contribution in [1.29, 1.82) is 0 Å². The van der Waals surface area contributed by atoms with E-state index in [-0.39, 0.29) is 37.0 Å². The lowest BCUT2D eigenvalue weighted by Crippen LogP contribution is -2.42. The maximum atomic E-state index is 12.2. The lowest BCUT2D eigenvalue weighted by atomic mass is 10.00. The Balaban J connectivity index is 2.01. The molecule has 0 aromatic carbocycles. The number of rotatable bonds is 9. The molecule has 25 heavy (non-hydrogen) atoms. The van der Waals surface area contributed by atoms with Gasteiger partial charge in [-0.25, -0.2) is 0 Å². The van der Waals surface area contributed by atoms with Gasteiger partial charge in [0.05, 0.1) is 18.8 Å². The van der Waals surface area contributed by atoms with Crippen LogP contribution in [0.1, 0.15) is 46.4 Å². The number of carbonyl (C=O) groups is 1. The molecule has 0 saturated carbocycles. The van der Waals surface area contributed by atoms with E-state index in [4.69, 9.17) is 4.74 Å². The summed E-state index contributed by atoms with van der Waals surface area (Å²) in [6, 6.07) is 3.31. The molecule has 0 bridgehead atoms. The zero-order valence-corrected chi connectivity index (χ0v) is 15.3. The molecule has 8 nitrogen and oxygen atoms in total. The Labute approximate surface area is 147 Å². The smallest absolute Gasteiger partial charge is 0.232 e. The van der Waals surface area contributed by atoms with Crippen LogP contribution in [0.4, 0.5) is 0 Å². The predicted octanol–water partition coefficient (Wildman–Crippen LogP) is 1.37. The van der Waals surface area contributed by atoms with Crippen LogP contribution in [0.25, 0.3) is 5.65 Å². The van der Waals surface area contributed by atoms with E-state index >= 15 is 0 Å². The number of carbonyl (C=O) groups excluding carboxylic acids is 1. The highest BCUT2D eigenvalue weighted by molar-refractivity contribution is 5.76. The van der Waals surface area contributed by atoms with Crippen LogP contribution < -0.4 is 10.1 Å². The van der Waals surface area contributed by atoms with Crippen molar-refractivity contribution in [2.24, 2.45) is 5.92 Å². The van der Waals surface area contributed by atoms with Crippen molar-refractivity contribution < 1.29 is 14.6 Å². The van der Waals surface area contributed by atoms with Gasteiger partial charge in [0.15, 0.2) is 11.5 Å². The van der Waals surface area contributed by atoms with Crippen LogP contribution in [0.3, 0.4) is 0 Å². The van der Waals surface area contributed by atoms with Crippen molar-refractivity contribution in [1.82, 2.24) is 25.1 Å². The first-order chi connectivity index (χ1) is 11.9. The van der Waals surface area contributed by atoms with E-state index in [1.165, 1.54) is 0 Å². The standard InChI is InChI=1S/C17H27N5O3/c1-5-12(4)13(10-23)18-16(24)8-6-14-19-20-15-7-9-17(21-22(14)15)25-11(2)3/h7,9,11-13,23H,5-6,8,10H2,1-4H3,(H,18,24). The zero-order chi connectivity index (χ0) is 18.4. The van der Waals surface area contributed by atoms with Gasteiger partial charge in [-0.15, -0.1) is 15.3 Å². The van der Waals surface area contributed by atoms with Gasteiger partial charge in [-0.3, -0.25) is 4.79 Å². The van der Waals surface area contributed by atoms with Crippen molar-refractivity contribution >= 4 is 11.6 Å². The fourth-order valence-corrected chi connectivity index (χ4v) is 2.43. The number of amides is 1. The van der Waals surface area contributed by atoms with Gasteiger partial charge in [-0.05, 0) is 25.8 Å². The van der Waals surface area contributed by atoms with E-state index in [9.17, 15) is 9.90 Å². The van der Waals surface area contributed by atoms with E-state index in [0.29, 0.717) is 23.8 Å². The van der Waals surface area contributed by atoms with Gasteiger partial charge in [0.2, 0.25) is 11.8 Å². The second-order valence-electron chi connectivity index (χ2n) is 6.47. The Bertz CT molecular complexity index is 701. The third kappa shape index (κ3) is 5.12. The highest BCUT2D eigenvalue weighted by Crippen LogP contribution is 2.12. The number of aliphatic hydroxyl groups excluding tert-OH is 1. The molecule has 0 spiro atoms. The van der Waals surface area contributed by atoms with Crippen molar-refractivity contribution in [2.45, 2.75) is 59.1 Å². The average Bonchev–Trinajstić information content (AvgIpc) is 2.99. The Morgan fingerprint density at radius 1 is 1.32 bits per heavy atom. The maximum Gasteiger partial charge on any atom is 0.232 e. The first-order valence-corrected chi connectivity index (χ1v) is 8.72. The van der Waals surface area contributed by atoms with Crippen molar-refractivity contribution in [3.8, 4) is 5.88 Å². The van der Waals surface area contributed by atoms with Gasteiger partial charge in [-0.2, -0.15) is 4.52 Å². The van der Waals surface area contributed by atoms with Gasteiger partial charge in [-0.1, -0.05) is 20.3 Å². The van der Waals surface area contributed by atoms with Crippen LogP contribution in [0, 0.1) is 5.92 Å². The van der Waals surface area contributed by atoms with Crippen LogP contribution in [-0.4, -0.2) is 49.6 Å². The summed E-state index contributed by atoms with van der Waals surface area (Å²) in [5, 5.41) is 24.8. The van der Waals surface area contributed by atoms with Gasteiger partial charge in [0.25, 0.3) is 0 Å². The number of aliphatic hydroxyl groups is 1. The third-order valence-electron chi connectivity index (χ3n) is 4.11. The molecule has 0 aliphatic rings. The number of nitrogens with one attached hydrogen (secondary N) is 1. The molecule has 8 heteroatoms. The third-order valence-corrected chi connectivity index (χ3v) is 4.11. The van der Waals surface area contributed by atoms with Crippen LogP contribution in [0.15, 0.2) is 12.1 Å². The van der Waals surface area contributed by atoms with Crippen molar-refractivity contribution in [3.63, 3.8) is 0 Å². The summed E-state index contributed by atoms with van der Waals surface area (Å²) in [6.45, 7) is 7.83. The van der Waals surface area contributed by atoms with Crippen LogP contribution in [-0.2, 0) is 11.2 Å². The SMILES string of the molecule is CCC(C)C(CO)NC(=O)CCc1nnc2ccc(OC(C)C)nn12. The largest absolute Gasteiger partial charge is 0.474 e. The molecular formula is C17H27N5O3. The molecule has 0 radical (unpaired) electrons. The van der Waals surface area contributed by atoms with Gasteiger partial charge in [0.1, 0.15) is 0 Å². The molecule has 2 atom stereocenters. The number of hydrogen-bond acceptors (Lipinski definition) is 6. The molecule has 2 rings (SSSR count). The lowest BCUT2D eigenvalue weighted by Gasteiger charge is -2.21. The number of fused-ring (bicyclic) bond motifs is 1. The summed E-state index contributed by atoms with van der Waals surface area (Å²) in [7, 11) is 0. The molecule has 0 aliphatic heterocycles. The Hall–Kier alpha value is -2.22. The molecule has 0 fully saturated rings. The van der Waals surface area contributed by atoms with E-state index < -0.39 is 0 Å². The number of hydrogen-bond donors (Lipinski definition) is 2. The number of ether oxygens (including phenoxy) is 1. The second kappa shape index (κ2) is 8.75. The van der Waals surface area contributed by atoms with Crippen LogP contribution in [0.5, 0.6) is 5.88 Å². The summed E-state index contributed by atoms with van der Waals surface area (Å²) in [5.74, 6) is 1.19. The first kappa shape index (κ1) is 19.1. The Morgan fingerprint density at radius 2 is 2.08 bits per heavy atom. The number of nitrogens with zero attached hydrogens (tertiary/aromatic N) is 4. The molecule has 2 N–H and O–H groups in total. The normalized spacial score (nSPS) is 13.8. The minimum atomic E-state index is -0.225. The molecule has 2 heterocycles. The van der Waals surface area contributed by atoms with Gasteiger partial charge < -0.3 is 15.2 Å². The monoisotopic (exact) mass is 349 g/mol. The van der Waals surface area contributed by atoms with Gasteiger partial charge >= 0.3 is 0 Å². The molecule has 2 aromatic rings. The molecular weight excluding hydrogens is 322 g/mol. The molecule has 138 valence electrons. The molecule has 0 saturated heterocycles. The van der Waals surface area contributed by atoms with Crippen LogP contribution >= 0.6 is 0 Å². The molecule has 2 aromatic heterocycles. The molecule has 2 unspecified atom stereocenters. The fraction of sp³-hybridized carbons (Fsp3) is 0.647. The summed E-state index contributed by atoms with van der Waals surface area (Å²) in [5.41, 5.74) is 0.611. The summed E-state index contributed by atoms with van der Waals surface area (Å²) in [6.07, 6.45) is 1.57. The number of aromatic nitrogens is 4. The quantitative estimate of drug-likeness (QED) is 0.709. The predicted molar refractivity (Wildman–Crippen MR) is 93.3 cm³/mol. The molecule has 0 aliphatic carbocycles. The summed E-state index contributed by atoms with van der Waals surface area (Å²) in [4.78, 5) is 12.2. The van der Waals surface area contributed by atoms with Crippen LogP contribution in [0.2, 0.25) is 0 Å². The zero-order valence-electron chi connectivity index (χ0n) is 15.3. The summed E-state index contributed by atoms with van der Waals surface area (Å²) < 4.78 is 7.18. The van der Waals surface area contributed by atoms with E-state index in [0.717, 1.165) is 6.42 Å². The fourth-order valence-electron chi connectivity index (χ4n) is 2.43. The first-order valence-electron chi connectivity index (χ1n) is 8.72. The minimum Gasteiger partial charge on any atom is -0.474 e. The van der Waals surface area contributed by atoms with Crippen molar-refractivity contribution in [3.05, 3.63) is 18.0 Å². The second-order valence-corrected chi connectivity index (χ2v) is 6.47. The topological polar surface area (TPSA) is 102 Å². The average molecular weight is 349 g/mol. The maximum absolute atomic E-state index is 12.2. The minimum absolute atomic E-state index is 0.0200. The Kier molecular flexibility index (Phi) is 6.69. The van der Waals surface area contributed by atoms with E-state index in [2.05, 4.69) is 20.6 Å². The van der Waals surface area contributed by atoms with E-state index in [1.807, 2.05) is 27.7 Å². The molecule has 1 amide bonds. The Morgan fingerprint density at radius 3 is 2.72 bits per heavy atom. The highest BCUT2D eigenvalue weighted by Gasteiger charge is 2.18. The lowest BCUT2D eigenvalue weighted by molar-refractivity contribution is -0.122.